The van der Waals surface area contributed by atoms with E-state index >= 15 is 0 Å². The summed E-state index contributed by atoms with van der Waals surface area (Å²) in [6.07, 6.45) is 0. The average Bonchev–Trinajstić information content (AvgIpc) is 3.15. The molecule has 3 aromatic rings. The Morgan fingerprint density at radius 1 is 1.07 bits per heavy atom. The van der Waals surface area contributed by atoms with Crippen molar-refractivity contribution in [3.8, 4) is 0 Å². The quantitative estimate of drug-likeness (QED) is 0.215. The molecule has 0 radical (unpaired) electrons. The minimum atomic E-state index is -0.572. The van der Waals surface area contributed by atoms with Crippen LogP contribution in [0.2, 0.25) is 0 Å². The zero-order valence-corrected chi connectivity index (χ0v) is 16.6. The Morgan fingerprint density at radius 3 is 2.57 bits per heavy atom. The first-order valence-electron chi connectivity index (χ1n) is 8.23. The number of nitro benzene ring substituents is 1. The molecule has 0 aliphatic carbocycles. The third-order valence-electron chi connectivity index (χ3n) is 3.40. The van der Waals surface area contributed by atoms with Crippen LogP contribution in [0.4, 0.5) is 31.4 Å². The Hall–Kier alpha value is -3.58. The summed E-state index contributed by atoms with van der Waals surface area (Å²) in [5.41, 5.74) is 0.594. The second-order valence-electron chi connectivity index (χ2n) is 5.60. The number of carbonyl (C=O) groups excluding carboxylic acids is 2. The van der Waals surface area contributed by atoms with Crippen molar-refractivity contribution in [1.82, 2.24) is 10.2 Å². The number of carbonyl (C=O) groups is 2. The fourth-order valence-electron chi connectivity index (χ4n) is 2.13. The molecule has 30 heavy (non-hydrogen) atoms. The molecule has 0 spiro atoms. The van der Waals surface area contributed by atoms with Crippen LogP contribution in [0, 0.1) is 15.9 Å². The summed E-state index contributed by atoms with van der Waals surface area (Å²) in [6, 6.07) is 10.3. The molecule has 13 heteroatoms. The first-order valence-corrected chi connectivity index (χ1v) is 10.0. The number of aromatic nitrogens is 2. The second-order valence-corrected chi connectivity index (χ2v) is 7.80. The van der Waals surface area contributed by atoms with Gasteiger partial charge < -0.3 is 10.6 Å². The lowest BCUT2D eigenvalue weighted by atomic mass is 10.3. The monoisotopic (exact) mass is 448 g/mol. The van der Waals surface area contributed by atoms with Crippen LogP contribution in [-0.4, -0.2) is 32.8 Å². The summed E-state index contributed by atoms with van der Waals surface area (Å²) in [5.74, 6) is -0.792. The van der Waals surface area contributed by atoms with Crippen LogP contribution < -0.4 is 16.0 Å². The van der Waals surface area contributed by atoms with E-state index in [-0.39, 0.29) is 22.5 Å². The van der Waals surface area contributed by atoms with Gasteiger partial charge in [-0.15, -0.1) is 10.2 Å². The van der Waals surface area contributed by atoms with Crippen molar-refractivity contribution in [2.75, 3.05) is 21.7 Å². The lowest BCUT2D eigenvalue weighted by Crippen LogP contribution is -2.19. The lowest BCUT2D eigenvalue weighted by Gasteiger charge is -2.04. The van der Waals surface area contributed by atoms with Crippen LogP contribution in [0.25, 0.3) is 0 Å². The SMILES string of the molecule is O=C(CSc1nnc(NC(=O)Nc2ccc(F)cc2)s1)Nc1cccc([N+](=O)[O-])c1. The Balaban J connectivity index is 1.47. The Labute approximate surface area is 177 Å². The second kappa shape index (κ2) is 9.76. The van der Waals surface area contributed by atoms with Crippen molar-refractivity contribution in [1.29, 1.82) is 0 Å². The van der Waals surface area contributed by atoms with Crippen LogP contribution in [-0.2, 0) is 4.79 Å². The van der Waals surface area contributed by atoms with E-state index in [0.29, 0.717) is 15.7 Å². The highest BCUT2D eigenvalue weighted by atomic mass is 32.2. The normalized spacial score (nSPS) is 10.3. The number of hydrogen-bond donors (Lipinski definition) is 3. The summed E-state index contributed by atoms with van der Waals surface area (Å²) in [7, 11) is 0. The van der Waals surface area contributed by atoms with Gasteiger partial charge in [0.05, 0.1) is 10.7 Å². The van der Waals surface area contributed by atoms with Gasteiger partial charge in [-0.25, -0.2) is 9.18 Å². The number of urea groups is 1. The van der Waals surface area contributed by atoms with E-state index in [1.54, 1.807) is 6.07 Å². The Morgan fingerprint density at radius 2 is 1.83 bits per heavy atom. The number of nitro groups is 1. The minimum absolute atomic E-state index is 0.000892. The van der Waals surface area contributed by atoms with E-state index < -0.39 is 16.8 Å². The molecule has 3 N–H and O–H groups in total. The zero-order chi connectivity index (χ0) is 21.5. The number of halogens is 1. The molecule has 1 aromatic heterocycles. The number of rotatable bonds is 7. The van der Waals surface area contributed by atoms with Crippen molar-refractivity contribution in [3.05, 3.63) is 64.5 Å². The van der Waals surface area contributed by atoms with Crippen molar-refractivity contribution in [2.24, 2.45) is 0 Å². The van der Waals surface area contributed by atoms with Crippen LogP contribution in [0.15, 0.2) is 52.9 Å². The van der Waals surface area contributed by atoms with Gasteiger partial charge in [-0.3, -0.25) is 20.2 Å². The van der Waals surface area contributed by atoms with E-state index in [2.05, 4.69) is 26.1 Å². The van der Waals surface area contributed by atoms with Gasteiger partial charge in [0, 0.05) is 23.5 Å². The molecule has 3 amide bonds. The molecule has 154 valence electrons. The molecule has 0 fully saturated rings. The predicted octanol–water partition coefficient (Wildman–Crippen LogP) is 3.96. The summed E-state index contributed by atoms with van der Waals surface area (Å²) in [4.78, 5) is 34.2. The van der Waals surface area contributed by atoms with Gasteiger partial charge >= 0.3 is 6.03 Å². The average molecular weight is 448 g/mol. The number of nitrogens with one attached hydrogen (secondary N) is 3. The number of amides is 3. The summed E-state index contributed by atoms with van der Waals surface area (Å²) in [6.45, 7) is 0. The van der Waals surface area contributed by atoms with E-state index in [1.165, 1.54) is 42.5 Å². The van der Waals surface area contributed by atoms with Gasteiger partial charge in [0.2, 0.25) is 11.0 Å². The number of benzene rings is 2. The van der Waals surface area contributed by atoms with E-state index in [4.69, 9.17) is 0 Å². The van der Waals surface area contributed by atoms with Gasteiger partial charge in [0.25, 0.3) is 5.69 Å². The molecule has 0 bridgehead atoms. The molecule has 0 saturated carbocycles. The number of non-ortho nitro benzene ring substituents is 1. The molecule has 0 aliphatic rings. The van der Waals surface area contributed by atoms with Crippen molar-refractivity contribution in [2.45, 2.75) is 4.34 Å². The van der Waals surface area contributed by atoms with E-state index in [9.17, 15) is 24.1 Å². The summed E-state index contributed by atoms with van der Waals surface area (Å²) < 4.78 is 13.3. The molecule has 2 aromatic carbocycles. The van der Waals surface area contributed by atoms with Gasteiger partial charge in [-0.05, 0) is 30.3 Å². The van der Waals surface area contributed by atoms with E-state index in [1.807, 2.05) is 0 Å². The van der Waals surface area contributed by atoms with Crippen LogP contribution >= 0.6 is 23.1 Å². The third-order valence-corrected chi connectivity index (χ3v) is 5.37. The van der Waals surface area contributed by atoms with Crippen LogP contribution in [0.3, 0.4) is 0 Å². The Kier molecular flexibility index (Phi) is 6.87. The number of hydrogen-bond acceptors (Lipinski definition) is 8. The molecule has 1 heterocycles. The fraction of sp³-hybridized carbons (Fsp3) is 0.0588. The van der Waals surface area contributed by atoms with Crippen LogP contribution in [0.5, 0.6) is 0 Å². The number of anilines is 3. The minimum Gasteiger partial charge on any atom is -0.325 e. The molecule has 10 nitrogen and oxygen atoms in total. The van der Waals surface area contributed by atoms with Gasteiger partial charge in [0.15, 0.2) is 4.34 Å². The number of nitrogens with zero attached hydrogens (tertiary/aromatic N) is 3. The molecule has 3 rings (SSSR count). The maximum Gasteiger partial charge on any atom is 0.325 e. The molecular weight excluding hydrogens is 435 g/mol. The van der Waals surface area contributed by atoms with Crippen LogP contribution in [0.1, 0.15) is 0 Å². The fourth-order valence-corrected chi connectivity index (χ4v) is 3.68. The lowest BCUT2D eigenvalue weighted by molar-refractivity contribution is -0.384. The third kappa shape index (κ3) is 6.22. The van der Waals surface area contributed by atoms with Gasteiger partial charge in [-0.1, -0.05) is 29.2 Å². The smallest absolute Gasteiger partial charge is 0.325 e. The molecule has 0 unspecified atom stereocenters. The maximum absolute atomic E-state index is 12.9. The standard InChI is InChI=1S/C17H13FN6O4S2/c18-10-4-6-11(7-5-10)20-15(26)21-16-22-23-17(30-16)29-9-14(25)19-12-2-1-3-13(8-12)24(27)28/h1-8H,9H2,(H,19,25)(H2,20,21,22,26). The highest BCUT2D eigenvalue weighted by Crippen LogP contribution is 2.26. The topological polar surface area (TPSA) is 139 Å². The highest BCUT2D eigenvalue weighted by Gasteiger charge is 2.12. The molecule has 0 atom stereocenters. The van der Waals surface area contributed by atoms with Crippen molar-refractivity contribution in [3.63, 3.8) is 0 Å². The van der Waals surface area contributed by atoms with E-state index in [0.717, 1.165) is 23.1 Å². The molecule has 0 aliphatic heterocycles. The van der Waals surface area contributed by atoms with Crippen molar-refractivity contribution < 1.29 is 18.9 Å². The summed E-state index contributed by atoms with van der Waals surface area (Å²) >= 11 is 2.17. The van der Waals surface area contributed by atoms with Crippen molar-refractivity contribution >= 4 is 57.2 Å². The summed E-state index contributed by atoms with van der Waals surface area (Å²) in [5, 5.41) is 26.3. The van der Waals surface area contributed by atoms with Gasteiger partial charge in [0.1, 0.15) is 5.82 Å². The highest BCUT2D eigenvalue weighted by molar-refractivity contribution is 8.01. The number of thioether (sulfide) groups is 1. The zero-order valence-electron chi connectivity index (χ0n) is 15.0. The first-order chi connectivity index (χ1) is 14.4. The maximum atomic E-state index is 12.9. The Bertz CT molecular complexity index is 1080. The molecule has 0 saturated heterocycles. The molecular formula is C17H13FN6O4S2. The van der Waals surface area contributed by atoms with Gasteiger partial charge in [-0.2, -0.15) is 0 Å². The predicted molar refractivity (Wildman–Crippen MR) is 111 cm³/mol. The first kappa shape index (κ1) is 21.1. The largest absolute Gasteiger partial charge is 0.325 e.